The van der Waals surface area contributed by atoms with Crippen molar-refractivity contribution < 1.29 is 19.0 Å². The quantitative estimate of drug-likeness (QED) is 0.374. The number of hydrogen-bond donors (Lipinski definition) is 1. The maximum atomic E-state index is 12.3. The van der Waals surface area contributed by atoms with Gasteiger partial charge in [-0.2, -0.15) is 10.2 Å². The van der Waals surface area contributed by atoms with Gasteiger partial charge in [0.05, 0.1) is 37.7 Å². The number of methoxy groups -OCH3 is 2. The van der Waals surface area contributed by atoms with E-state index in [1.807, 2.05) is 42.2 Å². The SMILES string of the molecule is COC[C@H]1OCCC[C@@H]1n1cc(-c2cccc(-c3nn(C)c4cnc(NC(=O)C5CC5)cc34)c2OC)cn1. The number of nitrogens with one attached hydrogen (secondary N) is 1. The molecule has 0 radical (unpaired) electrons. The van der Waals surface area contributed by atoms with Crippen LogP contribution < -0.4 is 10.1 Å². The lowest BCUT2D eigenvalue weighted by Gasteiger charge is -2.31. The van der Waals surface area contributed by atoms with Crippen LogP contribution in [0.2, 0.25) is 0 Å². The largest absolute Gasteiger partial charge is 0.495 e. The molecule has 1 saturated heterocycles. The Balaban J connectivity index is 1.37. The Morgan fingerprint density at radius 3 is 2.82 bits per heavy atom. The number of aryl methyl sites for hydroxylation is 1. The van der Waals surface area contributed by atoms with Crippen molar-refractivity contribution in [3.05, 3.63) is 42.9 Å². The summed E-state index contributed by atoms with van der Waals surface area (Å²) in [4.78, 5) is 16.8. The van der Waals surface area contributed by atoms with Crippen LogP contribution in [-0.2, 0) is 21.3 Å². The minimum Gasteiger partial charge on any atom is -0.495 e. The van der Waals surface area contributed by atoms with E-state index in [9.17, 15) is 4.79 Å². The van der Waals surface area contributed by atoms with Gasteiger partial charge in [-0.1, -0.05) is 12.1 Å². The lowest BCUT2D eigenvalue weighted by atomic mass is 10.00. The first-order valence-electron chi connectivity index (χ1n) is 13.0. The second-order valence-corrected chi connectivity index (χ2v) is 9.99. The highest BCUT2D eigenvalue weighted by Gasteiger charge is 2.30. The fraction of sp³-hybridized carbons (Fsp3) is 0.429. The third-order valence-electron chi connectivity index (χ3n) is 7.40. The van der Waals surface area contributed by atoms with Crippen LogP contribution in [0.3, 0.4) is 0 Å². The van der Waals surface area contributed by atoms with Gasteiger partial charge in [0.2, 0.25) is 5.91 Å². The van der Waals surface area contributed by atoms with Crippen LogP contribution in [0.5, 0.6) is 5.75 Å². The van der Waals surface area contributed by atoms with E-state index < -0.39 is 0 Å². The van der Waals surface area contributed by atoms with E-state index in [2.05, 4.69) is 16.5 Å². The number of fused-ring (bicyclic) bond motifs is 1. The van der Waals surface area contributed by atoms with Gasteiger partial charge in [-0.25, -0.2) is 4.98 Å². The van der Waals surface area contributed by atoms with Gasteiger partial charge in [-0.15, -0.1) is 0 Å². The van der Waals surface area contributed by atoms with Crippen LogP contribution in [0.15, 0.2) is 42.9 Å². The lowest BCUT2D eigenvalue weighted by Crippen LogP contribution is -2.35. The van der Waals surface area contributed by atoms with Gasteiger partial charge in [-0.05, 0) is 37.8 Å². The molecule has 1 N–H and O–H groups in total. The zero-order valence-corrected chi connectivity index (χ0v) is 21.9. The highest BCUT2D eigenvalue weighted by atomic mass is 16.5. The zero-order chi connectivity index (χ0) is 26.2. The smallest absolute Gasteiger partial charge is 0.228 e. The van der Waals surface area contributed by atoms with E-state index in [4.69, 9.17) is 24.4 Å². The van der Waals surface area contributed by atoms with Gasteiger partial charge in [0.1, 0.15) is 23.4 Å². The molecular weight excluding hydrogens is 484 g/mol. The number of ether oxygens (including phenoxy) is 3. The molecule has 0 bridgehead atoms. The van der Waals surface area contributed by atoms with Crippen molar-refractivity contribution >= 4 is 22.6 Å². The van der Waals surface area contributed by atoms with E-state index in [1.165, 1.54) is 0 Å². The molecule has 10 heteroatoms. The number of carbonyl (C=O) groups excluding carboxylic acids is 1. The molecule has 3 aromatic heterocycles. The van der Waals surface area contributed by atoms with Gasteiger partial charge in [0, 0.05) is 55.0 Å². The van der Waals surface area contributed by atoms with Crippen molar-refractivity contribution in [2.45, 2.75) is 37.8 Å². The second-order valence-electron chi connectivity index (χ2n) is 9.99. The molecule has 38 heavy (non-hydrogen) atoms. The molecular formula is C28H32N6O4. The van der Waals surface area contributed by atoms with Crippen LogP contribution in [-0.4, -0.2) is 64.0 Å². The summed E-state index contributed by atoms with van der Waals surface area (Å²) in [6, 6.07) is 8.03. The number of aromatic nitrogens is 5. The van der Waals surface area contributed by atoms with Crippen LogP contribution >= 0.6 is 0 Å². The number of para-hydroxylation sites is 1. The number of amides is 1. The molecule has 1 aliphatic carbocycles. The average molecular weight is 517 g/mol. The fourth-order valence-electron chi connectivity index (χ4n) is 5.27. The van der Waals surface area contributed by atoms with Crippen LogP contribution in [0.1, 0.15) is 31.7 Å². The van der Waals surface area contributed by atoms with Gasteiger partial charge in [-0.3, -0.25) is 14.2 Å². The number of nitrogens with zero attached hydrogens (tertiary/aromatic N) is 5. The molecule has 1 aliphatic heterocycles. The monoisotopic (exact) mass is 516 g/mol. The Bertz CT molecular complexity index is 1470. The summed E-state index contributed by atoms with van der Waals surface area (Å²) in [5.74, 6) is 1.36. The molecule has 6 rings (SSSR count). The molecule has 0 unspecified atom stereocenters. The Morgan fingerprint density at radius 1 is 1.18 bits per heavy atom. The summed E-state index contributed by atoms with van der Waals surface area (Å²) >= 11 is 0. The molecule has 2 atom stereocenters. The first kappa shape index (κ1) is 24.6. The van der Waals surface area contributed by atoms with Crippen molar-refractivity contribution in [3.8, 4) is 28.1 Å². The molecule has 2 fully saturated rings. The van der Waals surface area contributed by atoms with Crippen molar-refractivity contribution in [2.24, 2.45) is 13.0 Å². The van der Waals surface area contributed by atoms with Crippen molar-refractivity contribution in [1.29, 1.82) is 0 Å². The molecule has 198 valence electrons. The maximum absolute atomic E-state index is 12.3. The molecule has 10 nitrogen and oxygen atoms in total. The van der Waals surface area contributed by atoms with Crippen LogP contribution in [0.25, 0.3) is 33.3 Å². The second kappa shape index (κ2) is 10.2. The fourth-order valence-corrected chi connectivity index (χ4v) is 5.27. The van der Waals surface area contributed by atoms with Crippen molar-refractivity contribution in [1.82, 2.24) is 24.5 Å². The third-order valence-corrected chi connectivity index (χ3v) is 7.40. The van der Waals surface area contributed by atoms with E-state index in [1.54, 1.807) is 25.1 Å². The topological polar surface area (TPSA) is 105 Å². The number of hydrogen-bond acceptors (Lipinski definition) is 7. The first-order chi connectivity index (χ1) is 18.6. The number of anilines is 1. The summed E-state index contributed by atoms with van der Waals surface area (Å²) in [6.07, 6.45) is 9.49. The number of rotatable bonds is 8. The molecule has 2 aliphatic rings. The van der Waals surface area contributed by atoms with Crippen molar-refractivity contribution in [3.63, 3.8) is 0 Å². The normalized spacial score (nSPS) is 19.6. The summed E-state index contributed by atoms with van der Waals surface area (Å²) in [5, 5.41) is 13.3. The molecule has 1 saturated carbocycles. The summed E-state index contributed by atoms with van der Waals surface area (Å²) in [7, 11) is 5.25. The predicted molar refractivity (Wildman–Crippen MR) is 143 cm³/mol. The molecule has 4 aromatic rings. The first-order valence-corrected chi connectivity index (χ1v) is 13.0. The standard InChI is InChI=1S/C28H32N6O4/c1-33-23-14-29-25(31-28(35)17-9-10-17)12-21(23)26(32-33)20-7-4-6-19(27(20)37-3)18-13-30-34(15-18)22-8-5-11-38-24(22)16-36-2/h4,6-7,12-15,17,22,24H,5,8-11,16H2,1-3H3,(H,29,31,35)/t22-,24+/m0/s1. The van der Waals surface area contributed by atoms with Crippen LogP contribution in [0, 0.1) is 5.92 Å². The molecule has 4 heterocycles. The van der Waals surface area contributed by atoms with E-state index in [-0.39, 0.29) is 24.0 Å². The Hall–Kier alpha value is -3.76. The number of carbonyl (C=O) groups is 1. The van der Waals surface area contributed by atoms with Gasteiger partial charge < -0.3 is 19.5 Å². The third kappa shape index (κ3) is 4.54. The van der Waals surface area contributed by atoms with Gasteiger partial charge in [0.25, 0.3) is 0 Å². The summed E-state index contributed by atoms with van der Waals surface area (Å²) < 4.78 is 21.1. The van der Waals surface area contributed by atoms with E-state index in [0.29, 0.717) is 18.2 Å². The Labute approximate surface area is 220 Å². The molecule has 0 spiro atoms. The summed E-state index contributed by atoms with van der Waals surface area (Å²) in [5.41, 5.74) is 4.35. The molecule has 1 aromatic carbocycles. The minimum atomic E-state index is -0.0298. The minimum absolute atomic E-state index is 0.0231. The highest BCUT2D eigenvalue weighted by Crippen LogP contribution is 2.41. The van der Waals surface area contributed by atoms with Crippen molar-refractivity contribution in [2.75, 3.05) is 32.8 Å². The van der Waals surface area contributed by atoms with Crippen LogP contribution in [0.4, 0.5) is 5.82 Å². The zero-order valence-electron chi connectivity index (χ0n) is 21.9. The maximum Gasteiger partial charge on any atom is 0.228 e. The number of benzene rings is 1. The Morgan fingerprint density at radius 2 is 2.03 bits per heavy atom. The highest BCUT2D eigenvalue weighted by molar-refractivity contribution is 6.00. The number of pyridine rings is 1. The molecule has 1 amide bonds. The van der Waals surface area contributed by atoms with E-state index >= 15 is 0 Å². The summed E-state index contributed by atoms with van der Waals surface area (Å²) in [6.45, 7) is 1.28. The lowest BCUT2D eigenvalue weighted by molar-refractivity contribution is -0.117. The van der Waals surface area contributed by atoms with Gasteiger partial charge >= 0.3 is 0 Å². The van der Waals surface area contributed by atoms with Gasteiger partial charge in [0.15, 0.2) is 0 Å². The van der Waals surface area contributed by atoms with E-state index in [0.717, 1.165) is 65.6 Å². The Kier molecular flexibility index (Phi) is 6.59. The average Bonchev–Trinajstić information content (AvgIpc) is 3.59. The predicted octanol–water partition coefficient (Wildman–Crippen LogP) is 4.22.